The predicted octanol–water partition coefficient (Wildman–Crippen LogP) is 3.46. The van der Waals surface area contributed by atoms with E-state index >= 15 is 0 Å². The highest BCUT2D eigenvalue weighted by atomic mass is 32.2. The quantitative estimate of drug-likeness (QED) is 0.573. The van der Waals surface area contributed by atoms with Crippen LogP contribution in [-0.2, 0) is 26.1 Å². The predicted molar refractivity (Wildman–Crippen MR) is 125 cm³/mol. The van der Waals surface area contributed by atoms with Crippen LogP contribution in [0.25, 0.3) is 0 Å². The topological polar surface area (TPSA) is 91.8 Å². The van der Waals surface area contributed by atoms with E-state index in [0.717, 1.165) is 21.2 Å². The maximum atomic E-state index is 13.2. The maximum Gasteiger partial charge on any atom is 0.324 e. The lowest BCUT2D eigenvalue weighted by atomic mass is 10.0. The lowest BCUT2D eigenvalue weighted by Gasteiger charge is -2.27. The van der Waals surface area contributed by atoms with Crippen molar-refractivity contribution in [2.75, 3.05) is 23.9 Å². The Labute approximate surface area is 190 Å². The first-order chi connectivity index (χ1) is 15.1. The zero-order chi connectivity index (χ0) is 23.5. The van der Waals surface area contributed by atoms with E-state index in [1.165, 1.54) is 7.05 Å². The van der Waals surface area contributed by atoms with E-state index in [9.17, 15) is 13.2 Å². The molecular weight excluding hydrogens is 428 g/mol. The van der Waals surface area contributed by atoms with Gasteiger partial charge in [0.2, 0.25) is 10.0 Å². The molecule has 2 heterocycles. The van der Waals surface area contributed by atoms with Crippen LogP contribution in [0.5, 0.6) is 0 Å². The van der Waals surface area contributed by atoms with Crippen molar-refractivity contribution in [3.05, 3.63) is 48.3 Å². The van der Waals surface area contributed by atoms with Gasteiger partial charge in [-0.3, -0.25) is 9.78 Å². The largest absolute Gasteiger partial charge is 0.465 e. The zero-order valence-corrected chi connectivity index (χ0v) is 20.1. The Morgan fingerprint density at radius 2 is 1.94 bits per heavy atom. The van der Waals surface area contributed by atoms with Gasteiger partial charge in [-0.2, -0.15) is 4.31 Å². The van der Waals surface area contributed by atoms with Crippen LogP contribution >= 0.6 is 0 Å². The molecule has 0 bridgehead atoms. The van der Waals surface area contributed by atoms with Gasteiger partial charge < -0.3 is 15.0 Å². The molecule has 1 aromatic carbocycles. The molecule has 8 nitrogen and oxygen atoms in total. The summed E-state index contributed by atoms with van der Waals surface area (Å²) in [5.74, 6) is -0.383. The summed E-state index contributed by atoms with van der Waals surface area (Å²) in [6.07, 6.45) is 4.05. The Balaban J connectivity index is 1.78. The number of sulfonamides is 1. The Hall–Kier alpha value is -2.65. The molecule has 9 heteroatoms. The molecule has 174 valence electrons. The van der Waals surface area contributed by atoms with Gasteiger partial charge in [0.1, 0.15) is 6.04 Å². The van der Waals surface area contributed by atoms with E-state index in [0.29, 0.717) is 13.0 Å². The van der Waals surface area contributed by atoms with Gasteiger partial charge in [0.05, 0.1) is 35.2 Å². The Kier molecular flexibility index (Phi) is 7.40. The summed E-state index contributed by atoms with van der Waals surface area (Å²) < 4.78 is 32.7. The molecule has 0 saturated heterocycles. The van der Waals surface area contributed by atoms with Crippen molar-refractivity contribution in [2.45, 2.75) is 57.8 Å². The fraction of sp³-hybridized carbons (Fsp3) is 0.478. The number of anilines is 2. The molecule has 1 unspecified atom stereocenters. The van der Waals surface area contributed by atoms with Crippen molar-refractivity contribution in [2.24, 2.45) is 5.92 Å². The summed E-state index contributed by atoms with van der Waals surface area (Å²) in [4.78, 5) is 18.9. The van der Waals surface area contributed by atoms with Crippen molar-refractivity contribution in [1.82, 2.24) is 9.29 Å². The van der Waals surface area contributed by atoms with Gasteiger partial charge in [0.15, 0.2) is 0 Å². The first kappa shape index (κ1) is 24.0. The lowest BCUT2D eigenvalue weighted by Crippen LogP contribution is -2.44. The number of aromatic nitrogens is 1. The standard InChI is InChI=1S/C23H32N4O4S/c1-6-31-23(28)22(13-16(2)3)26(5)32(29,30)19-9-7-18(8-10-19)15-27-17(4)25-20-14-24-12-11-21(20)27/h7-12,14,16-17,22,25H,6,13,15H2,1-5H3/t17?,22-/m0/s1. The highest BCUT2D eigenvalue weighted by Crippen LogP contribution is 2.34. The van der Waals surface area contributed by atoms with Crippen LogP contribution in [0.3, 0.4) is 0 Å². The molecular formula is C23H32N4O4S. The lowest BCUT2D eigenvalue weighted by molar-refractivity contribution is -0.147. The normalized spacial score (nSPS) is 16.7. The molecule has 0 fully saturated rings. The molecule has 1 aliphatic heterocycles. The number of rotatable bonds is 9. The van der Waals surface area contributed by atoms with Crippen LogP contribution in [0, 0.1) is 5.92 Å². The molecule has 1 N–H and O–H groups in total. The Morgan fingerprint density at radius 3 is 2.56 bits per heavy atom. The zero-order valence-electron chi connectivity index (χ0n) is 19.3. The summed E-state index contributed by atoms with van der Waals surface area (Å²) in [6, 6.07) is 7.93. The van der Waals surface area contributed by atoms with E-state index < -0.39 is 22.0 Å². The summed E-state index contributed by atoms with van der Waals surface area (Å²) in [5.41, 5.74) is 3.03. The molecule has 1 aliphatic rings. The number of esters is 1. The number of likely N-dealkylation sites (N-methyl/N-ethyl adjacent to an activating group) is 1. The highest BCUT2D eigenvalue weighted by molar-refractivity contribution is 7.89. The molecule has 3 rings (SSSR count). The minimum Gasteiger partial charge on any atom is -0.465 e. The van der Waals surface area contributed by atoms with Gasteiger partial charge in [-0.25, -0.2) is 8.42 Å². The summed E-state index contributed by atoms with van der Waals surface area (Å²) >= 11 is 0. The third-order valence-electron chi connectivity index (χ3n) is 5.58. The van der Waals surface area contributed by atoms with Crippen LogP contribution in [0.2, 0.25) is 0 Å². The third kappa shape index (κ3) is 5.05. The molecule has 0 radical (unpaired) electrons. The monoisotopic (exact) mass is 460 g/mol. The highest BCUT2D eigenvalue weighted by Gasteiger charge is 2.34. The number of ether oxygens (including phenoxy) is 1. The number of hydrogen-bond donors (Lipinski definition) is 1. The van der Waals surface area contributed by atoms with E-state index in [2.05, 4.69) is 22.1 Å². The van der Waals surface area contributed by atoms with Gasteiger partial charge in [0.25, 0.3) is 0 Å². The first-order valence-corrected chi connectivity index (χ1v) is 12.3. The van der Waals surface area contributed by atoms with Gasteiger partial charge in [-0.05, 0) is 49.9 Å². The second-order valence-electron chi connectivity index (χ2n) is 8.40. The number of nitrogens with zero attached hydrogens (tertiary/aromatic N) is 3. The molecule has 0 spiro atoms. The number of nitrogens with one attached hydrogen (secondary N) is 1. The minimum atomic E-state index is -3.85. The molecule has 2 aromatic rings. The van der Waals surface area contributed by atoms with E-state index in [1.54, 1.807) is 31.5 Å². The van der Waals surface area contributed by atoms with Gasteiger partial charge in [-0.1, -0.05) is 26.0 Å². The number of benzene rings is 1. The number of carbonyl (C=O) groups excluding carboxylic acids is 1. The van der Waals surface area contributed by atoms with Crippen molar-refractivity contribution < 1.29 is 17.9 Å². The summed E-state index contributed by atoms with van der Waals surface area (Å²) in [5, 5.41) is 3.38. The fourth-order valence-corrected chi connectivity index (χ4v) is 5.18. The SMILES string of the molecule is CCOC(=O)[C@H](CC(C)C)N(C)S(=O)(=O)c1ccc(CN2c3ccncc3NC2C)cc1. The van der Waals surface area contributed by atoms with Crippen LogP contribution in [0.1, 0.15) is 39.7 Å². The molecule has 0 amide bonds. The average molecular weight is 461 g/mol. The second-order valence-corrected chi connectivity index (χ2v) is 10.4. The van der Waals surface area contributed by atoms with Crippen LogP contribution in [-0.4, -0.2) is 49.5 Å². The molecule has 32 heavy (non-hydrogen) atoms. The van der Waals surface area contributed by atoms with Crippen LogP contribution < -0.4 is 10.2 Å². The summed E-state index contributed by atoms with van der Waals surface area (Å²) in [6.45, 7) is 8.51. The van der Waals surface area contributed by atoms with Crippen molar-refractivity contribution >= 4 is 27.4 Å². The number of fused-ring (bicyclic) bond motifs is 1. The number of carbonyl (C=O) groups is 1. The van der Waals surface area contributed by atoms with E-state index in [4.69, 9.17) is 4.74 Å². The fourth-order valence-electron chi connectivity index (χ4n) is 3.86. The molecule has 0 saturated carbocycles. The van der Waals surface area contributed by atoms with Crippen LogP contribution in [0.15, 0.2) is 47.6 Å². The first-order valence-electron chi connectivity index (χ1n) is 10.9. The van der Waals surface area contributed by atoms with Crippen molar-refractivity contribution in [1.29, 1.82) is 0 Å². The maximum absolute atomic E-state index is 13.2. The molecule has 1 aromatic heterocycles. The smallest absolute Gasteiger partial charge is 0.324 e. The Morgan fingerprint density at radius 1 is 1.25 bits per heavy atom. The van der Waals surface area contributed by atoms with Crippen LogP contribution in [0.4, 0.5) is 11.4 Å². The Bertz CT molecular complexity index is 1040. The van der Waals surface area contributed by atoms with E-state index in [-0.39, 0.29) is 23.6 Å². The second kappa shape index (κ2) is 9.87. The van der Waals surface area contributed by atoms with Crippen molar-refractivity contribution in [3.8, 4) is 0 Å². The molecule has 2 atom stereocenters. The van der Waals surface area contributed by atoms with Crippen molar-refractivity contribution in [3.63, 3.8) is 0 Å². The van der Waals surface area contributed by atoms with Gasteiger partial charge in [-0.15, -0.1) is 0 Å². The number of hydrogen-bond acceptors (Lipinski definition) is 7. The van der Waals surface area contributed by atoms with Gasteiger partial charge in [0, 0.05) is 19.8 Å². The average Bonchev–Trinajstić information content (AvgIpc) is 3.07. The summed E-state index contributed by atoms with van der Waals surface area (Å²) in [7, 11) is -2.41. The molecule has 0 aliphatic carbocycles. The van der Waals surface area contributed by atoms with Gasteiger partial charge >= 0.3 is 5.97 Å². The van der Waals surface area contributed by atoms with E-state index in [1.807, 2.05) is 32.0 Å². The minimum absolute atomic E-state index is 0.102. The number of pyridine rings is 1. The third-order valence-corrected chi connectivity index (χ3v) is 7.47.